The number of aryl methyl sites for hydroxylation is 2. The van der Waals surface area contributed by atoms with Crippen molar-refractivity contribution in [1.82, 2.24) is 15.5 Å². The highest BCUT2D eigenvalue weighted by atomic mass is 127. The summed E-state index contributed by atoms with van der Waals surface area (Å²) in [5.74, 6) is 0.842. The number of benzene rings is 2. The third-order valence-electron chi connectivity index (χ3n) is 5.62. The van der Waals surface area contributed by atoms with E-state index >= 15 is 0 Å². The van der Waals surface area contributed by atoms with Gasteiger partial charge in [-0.2, -0.15) is 0 Å². The topological polar surface area (TPSA) is 66.0 Å². The van der Waals surface area contributed by atoms with E-state index in [0.29, 0.717) is 25.2 Å². The molecule has 7 heteroatoms. The summed E-state index contributed by atoms with van der Waals surface area (Å²) in [6.45, 7) is 13.6. The van der Waals surface area contributed by atoms with Gasteiger partial charge in [0.15, 0.2) is 5.96 Å². The molecule has 2 unspecified atom stereocenters. The van der Waals surface area contributed by atoms with E-state index < -0.39 is 0 Å². The molecule has 0 radical (unpaired) electrons. The molecular weight excluding hydrogens is 527 g/mol. The molecule has 1 aliphatic rings. The van der Waals surface area contributed by atoms with Crippen molar-refractivity contribution in [3.05, 3.63) is 70.3 Å². The van der Waals surface area contributed by atoms with Crippen LogP contribution in [0.15, 0.2) is 47.5 Å². The van der Waals surface area contributed by atoms with E-state index in [1.54, 1.807) is 0 Å². The van der Waals surface area contributed by atoms with Crippen molar-refractivity contribution in [2.75, 3.05) is 19.6 Å². The summed E-state index contributed by atoms with van der Waals surface area (Å²) in [7, 11) is 0. The van der Waals surface area contributed by atoms with Crippen LogP contribution in [0.2, 0.25) is 0 Å². The number of carbonyl (C=O) groups excluding carboxylic acids is 1. The average Bonchev–Trinajstić information content (AvgIpc) is 2.76. The fourth-order valence-corrected chi connectivity index (χ4v) is 4.01. The maximum Gasteiger partial charge on any atom is 0.254 e. The number of nitrogens with zero attached hydrogens (tertiary/aromatic N) is 2. The Bertz CT molecular complexity index is 936. The summed E-state index contributed by atoms with van der Waals surface area (Å²) in [5, 5.41) is 6.72. The highest BCUT2D eigenvalue weighted by Gasteiger charge is 2.26. The zero-order valence-corrected chi connectivity index (χ0v) is 22.7. The van der Waals surface area contributed by atoms with Crippen LogP contribution in [0, 0.1) is 13.8 Å². The summed E-state index contributed by atoms with van der Waals surface area (Å²) in [4.78, 5) is 19.4. The first-order chi connectivity index (χ1) is 15.4. The fraction of sp³-hybridized carbons (Fsp3) is 0.462. The van der Waals surface area contributed by atoms with Gasteiger partial charge in [-0.05, 0) is 63.4 Å². The lowest BCUT2D eigenvalue weighted by Crippen LogP contribution is -2.48. The molecule has 1 heterocycles. The maximum absolute atomic E-state index is 12.8. The van der Waals surface area contributed by atoms with Crippen molar-refractivity contribution in [3.63, 3.8) is 0 Å². The van der Waals surface area contributed by atoms with Gasteiger partial charge in [-0.25, -0.2) is 4.99 Å². The first kappa shape index (κ1) is 27.1. The van der Waals surface area contributed by atoms with Gasteiger partial charge in [-0.15, -0.1) is 24.0 Å². The van der Waals surface area contributed by atoms with E-state index in [2.05, 4.69) is 49.6 Å². The summed E-state index contributed by atoms with van der Waals surface area (Å²) in [6.07, 6.45) is 0.133. The van der Waals surface area contributed by atoms with Crippen LogP contribution in [-0.2, 0) is 17.8 Å². The number of aliphatic imine (C=N–C) groups is 1. The number of ether oxygens (including phenoxy) is 1. The molecule has 0 bridgehead atoms. The number of guanidine groups is 1. The van der Waals surface area contributed by atoms with Gasteiger partial charge in [-0.3, -0.25) is 4.79 Å². The minimum Gasteiger partial charge on any atom is -0.372 e. The molecule has 180 valence electrons. The summed E-state index contributed by atoms with van der Waals surface area (Å²) in [6, 6.07) is 14.3. The van der Waals surface area contributed by atoms with Gasteiger partial charge in [0.25, 0.3) is 5.91 Å². The normalized spacial score (nSPS) is 18.5. The Morgan fingerprint density at radius 3 is 2.33 bits per heavy atom. The molecule has 3 rings (SSSR count). The minimum absolute atomic E-state index is 0. The van der Waals surface area contributed by atoms with Crippen LogP contribution in [0.4, 0.5) is 0 Å². The largest absolute Gasteiger partial charge is 0.372 e. The first-order valence-electron chi connectivity index (χ1n) is 11.5. The van der Waals surface area contributed by atoms with Gasteiger partial charge in [-0.1, -0.05) is 35.9 Å². The van der Waals surface area contributed by atoms with Crippen LogP contribution in [-0.4, -0.2) is 48.6 Å². The molecule has 0 spiro atoms. The highest BCUT2D eigenvalue weighted by Crippen LogP contribution is 2.15. The Kier molecular flexibility index (Phi) is 10.6. The van der Waals surface area contributed by atoms with Crippen LogP contribution >= 0.6 is 24.0 Å². The quantitative estimate of drug-likeness (QED) is 0.310. The zero-order valence-electron chi connectivity index (χ0n) is 20.4. The second-order valence-electron chi connectivity index (χ2n) is 8.64. The zero-order chi connectivity index (χ0) is 23.1. The van der Waals surface area contributed by atoms with Crippen LogP contribution in [0.1, 0.15) is 53.4 Å². The molecule has 2 atom stereocenters. The smallest absolute Gasteiger partial charge is 0.254 e. The number of hydrogen-bond acceptors (Lipinski definition) is 3. The molecule has 1 fully saturated rings. The predicted octanol–water partition coefficient (Wildman–Crippen LogP) is 4.43. The molecule has 1 saturated heterocycles. The summed E-state index contributed by atoms with van der Waals surface area (Å²) in [5.41, 5.74) is 5.58. The van der Waals surface area contributed by atoms with Crippen molar-refractivity contribution >= 4 is 35.8 Å². The van der Waals surface area contributed by atoms with Crippen molar-refractivity contribution < 1.29 is 9.53 Å². The lowest BCUT2D eigenvalue weighted by atomic mass is 10.1. The second kappa shape index (κ2) is 12.9. The Hall–Kier alpha value is -2.13. The summed E-state index contributed by atoms with van der Waals surface area (Å²) < 4.78 is 5.73. The number of morpholine rings is 1. The van der Waals surface area contributed by atoms with E-state index in [-0.39, 0.29) is 42.1 Å². The molecule has 6 nitrogen and oxygen atoms in total. The minimum atomic E-state index is 0. The Balaban J connectivity index is 0.00000385. The van der Waals surface area contributed by atoms with E-state index in [4.69, 9.17) is 9.73 Å². The number of rotatable bonds is 6. The third kappa shape index (κ3) is 7.99. The fourth-order valence-electron chi connectivity index (χ4n) is 4.01. The van der Waals surface area contributed by atoms with E-state index in [9.17, 15) is 4.79 Å². The number of nitrogens with one attached hydrogen (secondary N) is 2. The van der Waals surface area contributed by atoms with E-state index in [0.717, 1.165) is 24.6 Å². The van der Waals surface area contributed by atoms with Crippen molar-refractivity contribution in [2.24, 2.45) is 4.99 Å². The molecule has 2 aromatic rings. The highest BCUT2D eigenvalue weighted by molar-refractivity contribution is 14.0. The maximum atomic E-state index is 12.8. The molecule has 1 aliphatic heterocycles. The summed E-state index contributed by atoms with van der Waals surface area (Å²) >= 11 is 0. The molecule has 1 amide bonds. The lowest BCUT2D eigenvalue weighted by molar-refractivity contribution is -0.0586. The van der Waals surface area contributed by atoms with Crippen LogP contribution in [0.3, 0.4) is 0 Å². The van der Waals surface area contributed by atoms with Gasteiger partial charge < -0.3 is 20.3 Å². The SMILES string of the molecule is CCNC(=NCc1ccc(C(=O)N2CC(C)OC(C)C2)cc1)NCc1ccc(C)cc1C.I. The molecule has 0 aliphatic carbocycles. The number of amides is 1. The van der Waals surface area contributed by atoms with Gasteiger partial charge in [0.1, 0.15) is 0 Å². The van der Waals surface area contributed by atoms with Gasteiger partial charge >= 0.3 is 0 Å². The van der Waals surface area contributed by atoms with E-state index in [1.807, 2.05) is 43.0 Å². The van der Waals surface area contributed by atoms with Gasteiger partial charge in [0, 0.05) is 31.7 Å². The van der Waals surface area contributed by atoms with E-state index in [1.165, 1.54) is 16.7 Å². The van der Waals surface area contributed by atoms with Gasteiger partial charge in [0.2, 0.25) is 0 Å². The average molecular weight is 565 g/mol. The monoisotopic (exact) mass is 564 g/mol. The molecule has 0 saturated carbocycles. The third-order valence-corrected chi connectivity index (χ3v) is 5.62. The molecular formula is C26H37IN4O2. The van der Waals surface area contributed by atoms with Gasteiger partial charge in [0.05, 0.1) is 18.8 Å². The first-order valence-corrected chi connectivity index (χ1v) is 11.5. The Morgan fingerprint density at radius 2 is 1.73 bits per heavy atom. The lowest BCUT2D eigenvalue weighted by Gasteiger charge is -2.35. The van der Waals surface area contributed by atoms with Crippen molar-refractivity contribution in [2.45, 2.75) is 59.9 Å². The van der Waals surface area contributed by atoms with Crippen LogP contribution in [0.5, 0.6) is 0 Å². The number of carbonyl (C=O) groups is 1. The molecule has 2 N–H and O–H groups in total. The number of halogens is 1. The second-order valence-corrected chi connectivity index (χ2v) is 8.64. The predicted molar refractivity (Wildman–Crippen MR) is 145 cm³/mol. The molecule has 2 aromatic carbocycles. The Morgan fingerprint density at radius 1 is 1.06 bits per heavy atom. The molecule has 33 heavy (non-hydrogen) atoms. The Labute approximate surface area is 215 Å². The standard InChI is InChI=1S/C26H36N4O2.HI/c1-6-27-26(29-15-24-10-7-18(2)13-19(24)3)28-14-22-8-11-23(12-9-22)25(31)30-16-20(4)32-21(5)17-30;/h7-13,20-21H,6,14-17H2,1-5H3,(H2,27,28,29);1H. The molecule has 0 aromatic heterocycles. The van der Waals surface area contributed by atoms with Crippen molar-refractivity contribution in [1.29, 1.82) is 0 Å². The number of hydrogen-bond donors (Lipinski definition) is 2. The van der Waals surface area contributed by atoms with Crippen LogP contribution < -0.4 is 10.6 Å². The van der Waals surface area contributed by atoms with Crippen molar-refractivity contribution in [3.8, 4) is 0 Å². The van der Waals surface area contributed by atoms with Crippen LogP contribution in [0.25, 0.3) is 0 Å².